The van der Waals surface area contributed by atoms with Crippen molar-refractivity contribution in [3.8, 4) is 0 Å². The van der Waals surface area contributed by atoms with E-state index in [0.29, 0.717) is 11.8 Å². The second-order valence-corrected chi connectivity index (χ2v) is 6.30. The molecular formula is C17H17Cl3. The summed E-state index contributed by atoms with van der Waals surface area (Å²) in [7, 11) is 0. The number of halogens is 3. The predicted octanol–water partition coefficient (Wildman–Crippen LogP) is 5.94. The van der Waals surface area contributed by atoms with Crippen LogP contribution in [0.3, 0.4) is 0 Å². The molecule has 106 valence electrons. The van der Waals surface area contributed by atoms with Crippen LogP contribution in [0.2, 0.25) is 10.0 Å². The van der Waals surface area contributed by atoms with Gasteiger partial charge in [0.25, 0.3) is 0 Å². The van der Waals surface area contributed by atoms with Crippen molar-refractivity contribution in [3.63, 3.8) is 0 Å². The number of rotatable bonds is 5. The number of alkyl halides is 1. The maximum Gasteiger partial charge on any atom is 0.0440 e. The van der Waals surface area contributed by atoms with Crippen LogP contribution >= 0.6 is 34.8 Å². The summed E-state index contributed by atoms with van der Waals surface area (Å²) in [6, 6.07) is 14.1. The Morgan fingerprint density at radius 2 is 1.65 bits per heavy atom. The van der Waals surface area contributed by atoms with E-state index in [0.717, 1.165) is 28.5 Å². The van der Waals surface area contributed by atoms with Gasteiger partial charge >= 0.3 is 0 Å². The van der Waals surface area contributed by atoms with Crippen LogP contribution in [-0.2, 0) is 12.8 Å². The minimum Gasteiger partial charge on any atom is -0.126 e. The highest BCUT2D eigenvalue weighted by Crippen LogP contribution is 2.23. The van der Waals surface area contributed by atoms with Gasteiger partial charge in [-0.3, -0.25) is 0 Å². The third-order valence-electron chi connectivity index (χ3n) is 3.37. The van der Waals surface area contributed by atoms with Gasteiger partial charge in [0.05, 0.1) is 0 Å². The van der Waals surface area contributed by atoms with Crippen molar-refractivity contribution in [1.29, 1.82) is 0 Å². The molecule has 1 unspecified atom stereocenters. The number of hydrogen-bond donors (Lipinski definition) is 0. The Kier molecular flexibility index (Phi) is 5.77. The highest BCUT2D eigenvalue weighted by atomic mass is 35.5. The molecule has 0 heterocycles. The molecule has 0 aliphatic carbocycles. The Morgan fingerprint density at radius 3 is 2.25 bits per heavy atom. The highest BCUT2D eigenvalue weighted by Gasteiger charge is 2.12. The average molecular weight is 328 g/mol. The summed E-state index contributed by atoms with van der Waals surface area (Å²) in [6.07, 6.45) is 1.83. The Hall–Kier alpha value is -0.690. The van der Waals surface area contributed by atoms with Crippen LogP contribution in [-0.4, -0.2) is 5.88 Å². The summed E-state index contributed by atoms with van der Waals surface area (Å²) in [4.78, 5) is 0. The van der Waals surface area contributed by atoms with E-state index in [4.69, 9.17) is 34.8 Å². The summed E-state index contributed by atoms with van der Waals surface area (Å²) in [5.74, 6) is 0.991. The summed E-state index contributed by atoms with van der Waals surface area (Å²) in [6.45, 7) is 2.04. The molecule has 0 aromatic heterocycles. The zero-order chi connectivity index (χ0) is 14.5. The SMILES string of the molecule is Cc1ccc(CC(CCl)Cc2ccc(Cl)cc2)c(Cl)c1. The normalized spacial score (nSPS) is 12.4. The first-order chi connectivity index (χ1) is 9.58. The van der Waals surface area contributed by atoms with Gasteiger partial charge in [-0.25, -0.2) is 0 Å². The third-order valence-corrected chi connectivity index (χ3v) is 4.41. The minimum atomic E-state index is 0.373. The van der Waals surface area contributed by atoms with Gasteiger partial charge in [0.15, 0.2) is 0 Å². The van der Waals surface area contributed by atoms with E-state index in [1.165, 1.54) is 11.1 Å². The van der Waals surface area contributed by atoms with Crippen molar-refractivity contribution in [3.05, 3.63) is 69.2 Å². The van der Waals surface area contributed by atoms with Crippen molar-refractivity contribution < 1.29 is 0 Å². The molecule has 0 saturated carbocycles. The van der Waals surface area contributed by atoms with Crippen LogP contribution in [0.15, 0.2) is 42.5 Å². The zero-order valence-corrected chi connectivity index (χ0v) is 13.6. The molecule has 0 nitrogen and oxygen atoms in total. The maximum absolute atomic E-state index is 6.29. The Labute approximate surface area is 135 Å². The lowest BCUT2D eigenvalue weighted by Gasteiger charge is -2.15. The molecule has 0 N–H and O–H groups in total. The van der Waals surface area contributed by atoms with Crippen LogP contribution in [0.1, 0.15) is 16.7 Å². The molecule has 20 heavy (non-hydrogen) atoms. The molecular weight excluding hydrogens is 311 g/mol. The molecule has 2 aromatic carbocycles. The van der Waals surface area contributed by atoms with Gasteiger partial charge in [0.1, 0.15) is 0 Å². The van der Waals surface area contributed by atoms with Crippen LogP contribution in [0.4, 0.5) is 0 Å². The smallest absolute Gasteiger partial charge is 0.0440 e. The molecule has 0 aliphatic rings. The van der Waals surface area contributed by atoms with Gasteiger partial charge in [-0.05, 0) is 60.6 Å². The zero-order valence-electron chi connectivity index (χ0n) is 11.4. The van der Waals surface area contributed by atoms with E-state index in [1.807, 2.05) is 25.1 Å². The second-order valence-electron chi connectivity index (χ2n) is 5.15. The quantitative estimate of drug-likeness (QED) is 0.596. The summed E-state index contributed by atoms with van der Waals surface area (Å²) in [5, 5.41) is 1.59. The van der Waals surface area contributed by atoms with Gasteiger partial charge in [-0.1, -0.05) is 47.5 Å². The lowest BCUT2D eigenvalue weighted by molar-refractivity contribution is 0.584. The monoisotopic (exact) mass is 326 g/mol. The van der Waals surface area contributed by atoms with Crippen LogP contribution in [0, 0.1) is 12.8 Å². The first-order valence-electron chi connectivity index (χ1n) is 6.64. The molecule has 0 amide bonds. The largest absolute Gasteiger partial charge is 0.126 e. The highest BCUT2D eigenvalue weighted by molar-refractivity contribution is 6.31. The molecule has 1 atom stereocenters. The van der Waals surface area contributed by atoms with E-state index in [9.17, 15) is 0 Å². The number of benzene rings is 2. The average Bonchev–Trinajstić information content (AvgIpc) is 2.43. The Balaban J connectivity index is 2.07. The molecule has 0 bridgehead atoms. The summed E-state index contributed by atoms with van der Waals surface area (Å²) in [5.41, 5.74) is 3.60. The fourth-order valence-corrected chi connectivity index (χ4v) is 2.92. The molecule has 2 aromatic rings. The summed E-state index contributed by atoms with van der Waals surface area (Å²) >= 11 is 18.3. The van der Waals surface area contributed by atoms with E-state index in [1.54, 1.807) is 0 Å². The lowest BCUT2D eigenvalue weighted by Crippen LogP contribution is -2.10. The van der Waals surface area contributed by atoms with Crippen molar-refractivity contribution >= 4 is 34.8 Å². The fraction of sp³-hybridized carbons (Fsp3) is 0.294. The summed E-state index contributed by atoms with van der Waals surface area (Å²) < 4.78 is 0. The second kappa shape index (κ2) is 7.36. The van der Waals surface area contributed by atoms with Gasteiger partial charge in [0.2, 0.25) is 0 Å². The first kappa shape index (κ1) is 15.7. The molecule has 0 saturated heterocycles. The van der Waals surface area contributed by atoms with E-state index >= 15 is 0 Å². The molecule has 0 fully saturated rings. The van der Waals surface area contributed by atoms with Crippen molar-refractivity contribution in [2.24, 2.45) is 5.92 Å². The van der Waals surface area contributed by atoms with Crippen molar-refractivity contribution in [1.82, 2.24) is 0 Å². The van der Waals surface area contributed by atoms with Crippen molar-refractivity contribution in [2.75, 3.05) is 5.88 Å². The minimum absolute atomic E-state index is 0.373. The molecule has 2 rings (SSSR count). The van der Waals surface area contributed by atoms with E-state index in [-0.39, 0.29) is 0 Å². The standard InChI is InChI=1S/C17H17Cl3/c1-12-2-5-15(17(20)8-12)10-14(11-18)9-13-3-6-16(19)7-4-13/h2-8,14H,9-11H2,1H3. The van der Waals surface area contributed by atoms with Crippen molar-refractivity contribution in [2.45, 2.75) is 19.8 Å². The first-order valence-corrected chi connectivity index (χ1v) is 7.93. The number of hydrogen-bond acceptors (Lipinski definition) is 0. The fourth-order valence-electron chi connectivity index (χ4n) is 2.26. The Morgan fingerprint density at radius 1 is 0.950 bits per heavy atom. The van der Waals surface area contributed by atoms with Gasteiger partial charge in [-0.15, -0.1) is 11.6 Å². The topological polar surface area (TPSA) is 0 Å². The van der Waals surface area contributed by atoms with E-state index < -0.39 is 0 Å². The molecule has 0 radical (unpaired) electrons. The van der Waals surface area contributed by atoms with Gasteiger partial charge in [0, 0.05) is 15.9 Å². The number of aryl methyl sites for hydroxylation is 1. The van der Waals surface area contributed by atoms with Crippen LogP contribution in [0.25, 0.3) is 0 Å². The van der Waals surface area contributed by atoms with Crippen LogP contribution < -0.4 is 0 Å². The van der Waals surface area contributed by atoms with Gasteiger partial charge < -0.3 is 0 Å². The molecule has 3 heteroatoms. The van der Waals surface area contributed by atoms with Crippen LogP contribution in [0.5, 0.6) is 0 Å². The van der Waals surface area contributed by atoms with E-state index in [2.05, 4.69) is 24.3 Å². The third kappa shape index (κ3) is 4.41. The predicted molar refractivity (Wildman–Crippen MR) is 89.3 cm³/mol. The van der Waals surface area contributed by atoms with Gasteiger partial charge in [-0.2, -0.15) is 0 Å². The molecule has 0 aliphatic heterocycles. The maximum atomic E-state index is 6.29. The Bertz CT molecular complexity index is 561. The lowest BCUT2D eigenvalue weighted by atomic mass is 9.93. The molecule has 0 spiro atoms.